The van der Waals surface area contributed by atoms with Crippen LogP contribution in [0.25, 0.3) is 11.3 Å². The second kappa shape index (κ2) is 4.37. The minimum absolute atomic E-state index is 0.381. The third-order valence-electron chi connectivity index (χ3n) is 2.58. The van der Waals surface area contributed by atoms with Gasteiger partial charge in [0.05, 0.1) is 19.0 Å². The fraction of sp³-hybridized carbons (Fsp3) is 0.250. The van der Waals surface area contributed by atoms with Crippen molar-refractivity contribution < 1.29 is 9.53 Å². The van der Waals surface area contributed by atoms with E-state index in [0.717, 1.165) is 22.5 Å². The first-order valence-electron chi connectivity index (χ1n) is 5.20. The van der Waals surface area contributed by atoms with Crippen LogP contribution in [0.5, 0.6) is 0 Å². The van der Waals surface area contributed by atoms with Gasteiger partial charge in [-0.15, -0.1) is 0 Å². The van der Waals surface area contributed by atoms with Crippen LogP contribution in [0.4, 0.5) is 0 Å². The van der Waals surface area contributed by atoms with E-state index in [4.69, 9.17) is 0 Å². The largest absolute Gasteiger partial charge is 0.464 e. The van der Waals surface area contributed by atoms with Crippen LogP contribution in [0, 0.1) is 13.8 Å². The molecular weight excluding hydrogens is 218 g/mol. The van der Waals surface area contributed by atoms with E-state index in [2.05, 4.69) is 19.9 Å². The zero-order chi connectivity index (χ0) is 12.4. The number of aromatic nitrogens is 3. The molecule has 5 nitrogen and oxygen atoms in total. The lowest BCUT2D eigenvalue weighted by Gasteiger charge is -2.05. The first-order valence-corrected chi connectivity index (χ1v) is 5.20. The molecule has 2 heterocycles. The van der Waals surface area contributed by atoms with Gasteiger partial charge in [0.2, 0.25) is 0 Å². The molecule has 0 bridgehead atoms. The molecule has 0 spiro atoms. The van der Waals surface area contributed by atoms with Crippen molar-refractivity contribution >= 4 is 5.97 Å². The molecule has 2 aromatic rings. The average Bonchev–Trinajstić information content (AvgIpc) is 2.77. The van der Waals surface area contributed by atoms with Crippen LogP contribution >= 0.6 is 0 Å². The summed E-state index contributed by atoms with van der Waals surface area (Å²) >= 11 is 0. The monoisotopic (exact) mass is 231 g/mol. The molecule has 0 amide bonds. The molecule has 5 heteroatoms. The smallest absolute Gasteiger partial charge is 0.354 e. The minimum atomic E-state index is -0.381. The Morgan fingerprint density at radius 1 is 1.35 bits per heavy atom. The molecule has 0 radical (unpaired) electrons. The third-order valence-corrected chi connectivity index (χ3v) is 2.58. The number of rotatable bonds is 2. The van der Waals surface area contributed by atoms with E-state index in [1.54, 1.807) is 12.3 Å². The van der Waals surface area contributed by atoms with Crippen LogP contribution in [-0.4, -0.2) is 28.3 Å². The van der Waals surface area contributed by atoms with Gasteiger partial charge in [-0.3, -0.25) is 0 Å². The molecule has 88 valence electrons. The lowest BCUT2D eigenvalue weighted by molar-refractivity contribution is 0.0595. The Labute approximate surface area is 98.8 Å². The number of aromatic amines is 1. The summed E-state index contributed by atoms with van der Waals surface area (Å²) in [6.07, 6.45) is 1.70. The molecule has 0 saturated heterocycles. The molecule has 0 aromatic carbocycles. The SMILES string of the molecule is COC(=O)c1ccc(-c2c(C)cnnc2C)[nH]1. The van der Waals surface area contributed by atoms with Gasteiger partial charge < -0.3 is 9.72 Å². The Kier molecular flexibility index (Phi) is 2.91. The Balaban J connectivity index is 2.47. The topological polar surface area (TPSA) is 67.9 Å². The summed E-state index contributed by atoms with van der Waals surface area (Å²) in [4.78, 5) is 14.4. The number of H-pyrrole nitrogens is 1. The highest BCUT2D eigenvalue weighted by Crippen LogP contribution is 2.24. The van der Waals surface area contributed by atoms with Crippen LogP contribution in [0.1, 0.15) is 21.7 Å². The quantitative estimate of drug-likeness (QED) is 0.801. The van der Waals surface area contributed by atoms with E-state index < -0.39 is 0 Å². The van der Waals surface area contributed by atoms with E-state index in [1.807, 2.05) is 19.9 Å². The zero-order valence-electron chi connectivity index (χ0n) is 9.94. The van der Waals surface area contributed by atoms with Crippen molar-refractivity contribution in [3.63, 3.8) is 0 Å². The van der Waals surface area contributed by atoms with E-state index in [1.165, 1.54) is 7.11 Å². The van der Waals surface area contributed by atoms with Gasteiger partial charge in [0.25, 0.3) is 0 Å². The van der Waals surface area contributed by atoms with E-state index in [0.29, 0.717) is 5.69 Å². The number of hydrogen-bond acceptors (Lipinski definition) is 4. The summed E-state index contributed by atoms with van der Waals surface area (Å²) in [6.45, 7) is 3.84. The number of aryl methyl sites for hydroxylation is 2. The van der Waals surface area contributed by atoms with E-state index in [9.17, 15) is 4.79 Å². The first-order chi connectivity index (χ1) is 8.13. The molecule has 0 atom stereocenters. The second-order valence-electron chi connectivity index (χ2n) is 3.77. The van der Waals surface area contributed by atoms with Crippen molar-refractivity contribution in [3.8, 4) is 11.3 Å². The Bertz CT molecular complexity index is 540. The van der Waals surface area contributed by atoms with Crippen molar-refractivity contribution in [1.82, 2.24) is 15.2 Å². The van der Waals surface area contributed by atoms with Crippen molar-refractivity contribution in [3.05, 3.63) is 35.3 Å². The number of nitrogens with one attached hydrogen (secondary N) is 1. The van der Waals surface area contributed by atoms with Gasteiger partial charge in [-0.05, 0) is 31.5 Å². The van der Waals surface area contributed by atoms with Crippen molar-refractivity contribution in [2.75, 3.05) is 7.11 Å². The number of methoxy groups -OCH3 is 1. The van der Waals surface area contributed by atoms with Gasteiger partial charge in [-0.25, -0.2) is 4.79 Å². The highest BCUT2D eigenvalue weighted by atomic mass is 16.5. The normalized spacial score (nSPS) is 10.3. The third kappa shape index (κ3) is 2.04. The highest BCUT2D eigenvalue weighted by Gasteiger charge is 2.12. The number of hydrogen-bond donors (Lipinski definition) is 1. The van der Waals surface area contributed by atoms with Gasteiger partial charge >= 0.3 is 5.97 Å². The van der Waals surface area contributed by atoms with Crippen LogP contribution in [0.15, 0.2) is 18.3 Å². The number of ether oxygens (including phenoxy) is 1. The Hall–Kier alpha value is -2.17. The molecule has 0 fully saturated rings. The van der Waals surface area contributed by atoms with Gasteiger partial charge in [-0.2, -0.15) is 10.2 Å². The zero-order valence-corrected chi connectivity index (χ0v) is 9.94. The summed E-state index contributed by atoms with van der Waals surface area (Å²) < 4.78 is 4.65. The molecule has 0 aliphatic carbocycles. The molecule has 2 rings (SSSR count). The lowest BCUT2D eigenvalue weighted by Crippen LogP contribution is -2.01. The van der Waals surface area contributed by atoms with Crippen LogP contribution in [0.3, 0.4) is 0 Å². The molecule has 0 saturated carbocycles. The predicted molar refractivity (Wildman–Crippen MR) is 62.6 cm³/mol. The highest BCUT2D eigenvalue weighted by molar-refractivity contribution is 5.88. The van der Waals surface area contributed by atoms with Gasteiger partial charge in [0.15, 0.2) is 0 Å². The van der Waals surface area contributed by atoms with Gasteiger partial charge in [0.1, 0.15) is 5.69 Å². The van der Waals surface area contributed by atoms with Crippen molar-refractivity contribution in [2.24, 2.45) is 0 Å². The van der Waals surface area contributed by atoms with E-state index >= 15 is 0 Å². The standard InChI is InChI=1S/C12H13N3O2/c1-7-6-13-15-8(2)11(7)9-4-5-10(14-9)12(16)17-3/h4-6,14H,1-3H3. The Morgan fingerprint density at radius 2 is 2.12 bits per heavy atom. The van der Waals surface area contributed by atoms with Crippen molar-refractivity contribution in [2.45, 2.75) is 13.8 Å². The lowest BCUT2D eigenvalue weighted by atomic mass is 10.1. The Morgan fingerprint density at radius 3 is 2.76 bits per heavy atom. The number of nitrogens with zero attached hydrogens (tertiary/aromatic N) is 2. The van der Waals surface area contributed by atoms with Crippen molar-refractivity contribution in [1.29, 1.82) is 0 Å². The summed E-state index contributed by atoms with van der Waals surface area (Å²) in [5.74, 6) is -0.381. The summed E-state index contributed by atoms with van der Waals surface area (Å²) in [5, 5.41) is 7.88. The van der Waals surface area contributed by atoms with E-state index in [-0.39, 0.29) is 5.97 Å². The van der Waals surface area contributed by atoms with Crippen LogP contribution in [0.2, 0.25) is 0 Å². The minimum Gasteiger partial charge on any atom is -0.464 e. The molecule has 0 aliphatic rings. The first kappa shape index (κ1) is 11.3. The van der Waals surface area contributed by atoms with Gasteiger partial charge in [-0.1, -0.05) is 0 Å². The maximum absolute atomic E-state index is 11.3. The summed E-state index contributed by atoms with van der Waals surface area (Å²) in [5.41, 5.74) is 4.07. The maximum atomic E-state index is 11.3. The number of esters is 1. The molecule has 0 unspecified atom stereocenters. The summed E-state index contributed by atoms with van der Waals surface area (Å²) in [7, 11) is 1.35. The summed E-state index contributed by atoms with van der Waals surface area (Å²) in [6, 6.07) is 3.53. The van der Waals surface area contributed by atoms with Crippen LogP contribution in [-0.2, 0) is 4.74 Å². The van der Waals surface area contributed by atoms with Crippen LogP contribution < -0.4 is 0 Å². The fourth-order valence-electron chi connectivity index (χ4n) is 1.78. The van der Waals surface area contributed by atoms with Gasteiger partial charge in [0, 0.05) is 11.3 Å². The fourth-order valence-corrected chi connectivity index (χ4v) is 1.78. The molecule has 1 N–H and O–H groups in total. The molecule has 0 aliphatic heterocycles. The number of carbonyl (C=O) groups is 1. The maximum Gasteiger partial charge on any atom is 0.354 e. The molecule has 2 aromatic heterocycles. The average molecular weight is 231 g/mol. The second-order valence-corrected chi connectivity index (χ2v) is 3.77. The molecular formula is C12H13N3O2. The molecule has 17 heavy (non-hydrogen) atoms. The number of carbonyl (C=O) groups excluding carboxylic acids is 1. The predicted octanol–water partition coefficient (Wildman–Crippen LogP) is 1.88.